The van der Waals surface area contributed by atoms with Crippen LogP contribution in [0.1, 0.15) is 47.7 Å². The molecule has 0 unspecified atom stereocenters. The van der Waals surface area contributed by atoms with Gasteiger partial charge < -0.3 is 14.8 Å². The smallest absolute Gasteiger partial charge is 0.255 e. The number of halogens is 1. The van der Waals surface area contributed by atoms with E-state index in [9.17, 15) is 9.59 Å². The van der Waals surface area contributed by atoms with Crippen LogP contribution in [0.5, 0.6) is 17.2 Å². The Balaban J connectivity index is 1.41. The van der Waals surface area contributed by atoms with Gasteiger partial charge in [0.25, 0.3) is 5.91 Å². The molecule has 0 atom stereocenters. The maximum absolute atomic E-state index is 12.9. The highest BCUT2D eigenvalue weighted by Gasteiger charge is 2.24. The SMILES string of the molecule is CCNC(=O)c1cc2c(Oc3ccc(CC(=O)CC4CC4)c(Cl)c3)ccnc2cc1OCc1ccccc1. The van der Waals surface area contributed by atoms with E-state index in [0.717, 1.165) is 24.0 Å². The van der Waals surface area contributed by atoms with E-state index in [0.29, 0.717) is 70.6 Å². The molecular weight excluding hydrogens is 500 g/mol. The van der Waals surface area contributed by atoms with Crippen LogP contribution in [0.25, 0.3) is 10.9 Å². The molecule has 1 saturated carbocycles. The minimum Gasteiger partial charge on any atom is -0.488 e. The van der Waals surface area contributed by atoms with Gasteiger partial charge in [0.1, 0.15) is 29.6 Å². The number of ketones is 1. The number of carbonyl (C=O) groups excluding carboxylic acids is 2. The first-order valence-electron chi connectivity index (χ1n) is 12.9. The largest absolute Gasteiger partial charge is 0.488 e. The van der Waals surface area contributed by atoms with Crippen LogP contribution in [0, 0.1) is 5.92 Å². The molecule has 0 saturated heterocycles. The summed E-state index contributed by atoms with van der Waals surface area (Å²) in [5.41, 5.74) is 2.82. The highest BCUT2D eigenvalue weighted by molar-refractivity contribution is 6.31. The fourth-order valence-electron chi connectivity index (χ4n) is 4.32. The summed E-state index contributed by atoms with van der Waals surface area (Å²) in [6, 6.07) is 20.4. The summed E-state index contributed by atoms with van der Waals surface area (Å²) in [6.45, 7) is 2.68. The van der Waals surface area contributed by atoms with Gasteiger partial charge in [-0.1, -0.05) is 48.0 Å². The van der Waals surface area contributed by atoms with Crippen LogP contribution < -0.4 is 14.8 Å². The van der Waals surface area contributed by atoms with E-state index in [-0.39, 0.29) is 11.7 Å². The topological polar surface area (TPSA) is 77.5 Å². The van der Waals surface area contributed by atoms with Crippen LogP contribution in [0.4, 0.5) is 0 Å². The molecule has 0 bridgehead atoms. The highest BCUT2D eigenvalue weighted by Crippen LogP contribution is 2.36. The molecule has 0 aliphatic heterocycles. The van der Waals surface area contributed by atoms with Crippen molar-refractivity contribution in [3.63, 3.8) is 0 Å². The lowest BCUT2D eigenvalue weighted by atomic mass is 10.0. The molecule has 5 rings (SSSR count). The van der Waals surface area contributed by atoms with Gasteiger partial charge in [0.2, 0.25) is 0 Å². The van der Waals surface area contributed by atoms with E-state index < -0.39 is 0 Å². The number of amides is 1. The number of carbonyl (C=O) groups is 2. The van der Waals surface area contributed by atoms with Gasteiger partial charge in [0.05, 0.1) is 11.1 Å². The summed E-state index contributed by atoms with van der Waals surface area (Å²) < 4.78 is 12.2. The first-order valence-corrected chi connectivity index (χ1v) is 13.2. The van der Waals surface area contributed by atoms with Crippen molar-refractivity contribution in [2.45, 2.75) is 39.2 Å². The van der Waals surface area contributed by atoms with Crippen molar-refractivity contribution >= 4 is 34.2 Å². The minimum absolute atomic E-state index is 0.214. The normalized spacial score (nSPS) is 12.8. The summed E-state index contributed by atoms with van der Waals surface area (Å²) in [5.74, 6) is 2.04. The van der Waals surface area contributed by atoms with Crippen LogP contribution in [0.15, 0.2) is 72.9 Å². The first kappa shape index (κ1) is 25.7. The second-order valence-electron chi connectivity index (χ2n) is 9.53. The lowest BCUT2D eigenvalue weighted by molar-refractivity contribution is -0.118. The number of fused-ring (bicyclic) bond motifs is 1. The van der Waals surface area contributed by atoms with Crippen molar-refractivity contribution in [1.82, 2.24) is 10.3 Å². The van der Waals surface area contributed by atoms with Gasteiger partial charge in [-0.25, -0.2) is 0 Å². The lowest BCUT2D eigenvalue weighted by Gasteiger charge is -2.15. The van der Waals surface area contributed by atoms with Gasteiger partial charge in [-0.2, -0.15) is 0 Å². The van der Waals surface area contributed by atoms with Crippen molar-refractivity contribution in [3.05, 3.63) is 94.6 Å². The Morgan fingerprint density at radius 2 is 1.84 bits per heavy atom. The monoisotopic (exact) mass is 528 g/mol. The molecule has 4 aromatic rings. The number of hydrogen-bond donors (Lipinski definition) is 1. The zero-order valence-corrected chi connectivity index (χ0v) is 22.0. The minimum atomic E-state index is -0.240. The fraction of sp³-hybridized carbons (Fsp3) is 0.258. The number of aromatic nitrogens is 1. The molecule has 1 fully saturated rings. The van der Waals surface area contributed by atoms with Crippen molar-refractivity contribution < 1.29 is 19.1 Å². The van der Waals surface area contributed by atoms with E-state index in [1.54, 1.807) is 36.5 Å². The molecule has 1 aliphatic rings. The second-order valence-corrected chi connectivity index (χ2v) is 9.93. The second kappa shape index (κ2) is 11.7. The van der Waals surface area contributed by atoms with Crippen LogP contribution >= 0.6 is 11.6 Å². The molecule has 1 heterocycles. The predicted molar refractivity (Wildman–Crippen MR) is 148 cm³/mol. The summed E-state index contributed by atoms with van der Waals surface area (Å²) in [6.07, 6.45) is 4.90. The highest BCUT2D eigenvalue weighted by atomic mass is 35.5. The predicted octanol–water partition coefficient (Wildman–Crippen LogP) is 6.92. The Morgan fingerprint density at radius 3 is 2.58 bits per heavy atom. The van der Waals surface area contributed by atoms with Gasteiger partial charge in [0, 0.05) is 42.1 Å². The molecule has 0 radical (unpaired) electrons. The number of Topliss-reactive ketones (excluding diaryl/α,β-unsaturated/α-hetero) is 1. The Labute approximate surface area is 226 Å². The number of benzene rings is 3. The Kier molecular flexibility index (Phi) is 7.89. The van der Waals surface area contributed by atoms with Gasteiger partial charge >= 0.3 is 0 Å². The Hall–Kier alpha value is -3.90. The third-order valence-electron chi connectivity index (χ3n) is 6.48. The molecule has 0 spiro atoms. The average molecular weight is 529 g/mol. The number of nitrogens with zero attached hydrogens (tertiary/aromatic N) is 1. The molecule has 6 nitrogen and oxygen atoms in total. The summed E-state index contributed by atoms with van der Waals surface area (Å²) >= 11 is 6.50. The fourth-order valence-corrected chi connectivity index (χ4v) is 4.55. The van der Waals surface area contributed by atoms with Gasteiger partial charge in [-0.3, -0.25) is 14.6 Å². The summed E-state index contributed by atoms with van der Waals surface area (Å²) in [4.78, 5) is 29.7. The molecule has 1 aromatic heterocycles. The van der Waals surface area contributed by atoms with Gasteiger partial charge in [-0.15, -0.1) is 0 Å². The summed E-state index contributed by atoms with van der Waals surface area (Å²) in [7, 11) is 0. The third kappa shape index (κ3) is 6.32. The van der Waals surface area contributed by atoms with E-state index in [2.05, 4.69) is 10.3 Å². The van der Waals surface area contributed by atoms with E-state index in [1.165, 1.54) is 0 Å². The van der Waals surface area contributed by atoms with Crippen LogP contribution in [0.3, 0.4) is 0 Å². The van der Waals surface area contributed by atoms with E-state index in [4.69, 9.17) is 21.1 Å². The molecule has 1 N–H and O–H groups in total. The molecule has 194 valence electrons. The molecule has 38 heavy (non-hydrogen) atoms. The Bertz CT molecular complexity index is 1470. The maximum Gasteiger partial charge on any atom is 0.255 e. The molecular formula is C31H29ClN2O4. The zero-order chi connectivity index (χ0) is 26.5. The number of hydrogen-bond acceptors (Lipinski definition) is 5. The van der Waals surface area contributed by atoms with Crippen molar-refractivity contribution in [2.75, 3.05) is 6.54 Å². The molecule has 1 amide bonds. The quantitative estimate of drug-likeness (QED) is 0.228. The van der Waals surface area contributed by atoms with Crippen molar-refractivity contribution in [2.24, 2.45) is 5.92 Å². The maximum atomic E-state index is 12.9. The first-order chi connectivity index (χ1) is 18.5. The van der Waals surface area contributed by atoms with Crippen molar-refractivity contribution in [1.29, 1.82) is 0 Å². The van der Waals surface area contributed by atoms with Gasteiger partial charge in [0.15, 0.2) is 0 Å². The number of nitrogens with one attached hydrogen (secondary N) is 1. The van der Waals surface area contributed by atoms with E-state index in [1.807, 2.05) is 43.3 Å². The number of pyridine rings is 1. The van der Waals surface area contributed by atoms with Gasteiger partial charge in [-0.05, 0) is 61.1 Å². The molecule has 1 aliphatic carbocycles. The molecule has 3 aromatic carbocycles. The van der Waals surface area contributed by atoms with Crippen LogP contribution in [0.2, 0.25) is 5.02 Å². The summed E-state index contributed by atoms with van der Waals surface area (Å²) in [5, 5.41) is 4.01. The van der Waals surface area contributed by atoms with Crippen molar-refractivity contribution in [3.8, 4) is 17.2 Å². The zero-order valence-electron chi connectivity index (χ0n) is 21.2. The average Bonchev–Trinajstić information content (AvgIpc) is 3.73. The van der Waals surface area contributed by atoms with Crippen LogP contribution in [-0.2, 0) is 17.8 Å². The standard InChI is InChI=1S/C31H29ClN2O4/c1-2-33-31(36)26-17-25-28(18-30(26)37-19-21-6-4-3-5-7-21)34-13-12-29(25)38-24-11-10-22(27(32)16-24)15-23(35)14-20-8-9-20/h3-7,10-13,16-18,20H,2,8-9,14-15,19H2,1H3,(H,33,36). The Morgan fingerprint density at radius 1 is 1.03 bits per heavy atom. The number of rotatable bonds is 11. The van der Waals surface area contributed by atoms with E-state index >= 15 is 0 Å². The van der Waals surface area contributed by atoms with Crippen LogP contribution in [-0.4, -0.2) is 23.2 Å². The third-order valence-corrected chi connectivity index (χ3v) is 6.83. The number of ether oxygens (including phenoxy) is 2. The molecule has 7 heteroatoms. The lowest BCUT2D eigenvalue weighted by Crippen LogP contribution is -2.23.